The van der Waals surface area contributed by atoms with E-state index in [1.807, 2.05) is 4.90 Å². The maximum Gasteiger partial charge on any atom is 0.264 e. The summed E-state index contributed by atoms with van der Waals surface area (Å²) in [5, 5.41) is 6.56. The van der Waals surface area contributed by atoms with Crippen LogP contribution in [0.4, 0.5) is 0 Å². The van der Waals surface area contributed by atoms with Crippen LogP contribution in [0.3, 0.4) is 0 Å². The van der Waals surface area contributed by atoms with Crippen molar-refractivity contribution < 1.29 is 4.79 Å². The van der Waals surface area contributed by atoms with Crippen molar-refractivity contribution in [3.8, 4) is 0 Å². The monoisotopic (exact) mass is 372 g/mol. The van der Waals surface area contributed by atoms with Gasteiger partial charge in [-0.1, -0.05) is 6.07 Å². The molecule has 0 spiro atoms. The van der Waals surface area contributed by atoms with Gasteiger partial charge in [0, 0.05) is 44.6 Å². The van der Waals surface area contributed by atoms with E-state index in [-0.39, 0.29) is 18.0 Å². The number of amides is 1. The molecule has 1 fully saturated rings. The molecule has 9 heteroatoms. The summed E-state index contributed by atoms with van der Waals surface area (Å²) in [6.07, 6.45) is 2.92. The molecule has 4 rings (SSSR count). The van der Waals surface area contributed by atoms with Gasteiger partial charge in [0.15, 0.2) is 5.65 Å². The van der Waals surface area contributed by atoms with Gasteiger partial charge in [0.25, 0.3) is 5.56 Å². The zero-order chi connectivity index (χ0) is 18.1. The molecule has 3 aromatic heterocycles. The average Bonchev–Trinajstić information content (AvgIpc) is 3.28. The van der Waals surface area contributed by atoms with E-state index in [0.29, 0.717) is 24.1 Å². The highest BCUT2D eigenvalue weighted by Gasteiger charge is 2.22. The molecule has 0 unspecified atom stereocenters. The molecule has 136 valence electrons. The van der Waals surface area contributed by atoms with Crippen molar-refractivity contribution in [2.75, 3.05) is 26.2 Å². The van der Waals surface area contributed by atoms with Gasteiger partial charge in [-0.15, -0.1) is 11.3 Å². The second-order valence-electron chi connectivity index (χ2n) is 6.42. The molecular formula is C17H20N6O2S. The Morgan fingerprint density at radius 1 is 1.27 bits per heavy atom. The minimum absolute atomic E-state index is 0.0155. The van der Waals surface area contributed by atoms with Gasteiger partial charge in [-0.05, 0) is 11.4 Å². The standard InChI is InChI=1S/C17H20N6O2S/c1-20-16-14(9-19-20)17(25)23(12-18-16)11-15(24)22-6-4-21(5-7-22)10-13-3-2-8-26-13/h2-3,8-9,12H,4-7,10-11H2,1H3. The minimum Gasteiger partial charge on any atom is -0.339 e. The number of fused-ring (bicyclic) bond motifs is 1. The highest BCUT2D eigenvalue weighted by molar-refractivity contribution is 7.09. The summed E-state index contributed by atoms with van der Waals surface area (Å²) in [5.74, 6) is -0.0482. The van der Waals surface area contributed by atoms with Crippen molar-refractivity contribution in [1.29, 1.82) is 0 Å². The summed E-state index contributed by atoms with van der Waals surface area (Å²) in [6.45, 7) is 4.00. The van der Waals surface area contributed by atoms with E-state index in [0.717, 1.165) is 19.6 Å². The molecule has 4 heterocycles. The Morgan fingerprint density at radius 2 is 2.08 bits per heavy atom. The van der Waals surface area contributed by atoms with Crippen molar-refractivity contribution >= 4 is 28.3 Å². The van der Waals surface area contributed by atoms with Crippen LogP contribution in [0.1, 0.15) is 4.88 Å². The molecule has 3 aromatic rings. The maximum absolute atomic E-state index is 12.6. The lowest BCUT2D eigenvalue weighted by Gasteiger charge is -2.34. The first-order valence-electron chi connectivity index (χ1n) is 8.51. The molecule has 1 aliphatic rings. The molecule has 0 aliphatic carbocycles. The average molecular weight is 372 g/mol. The zero-order valence-corrected chi connectivity index (χ0v) is 15.4. The fraction of sp³-hybridized carbons (Fsp3) is 0.412. The topological polar surface area (TPSA) is 76.3 Å². The lowest BCUT2D eigenvalue weighted by atomic mass is 10.3. The maximum atomic E-state index is 12.6. The summed E-state index contributed by atoms with van der Waals surface area (Å²) >= 11 is 1.76. The predicted octanol–water partition coefficient (Wildman–Crippen LogP) is 0.536. The Hall–Kier alpha value is -2.52. The Morgan fingerprint density at radius 3 is 2.81 bits per heavy atom. The van der Waals surface area contributed by atoms with E-state index in [1.54, 1.807) is 23.1 Å². The largest absolute Gasteiger partial charge is 0.339 e. The second-order valence-corrected chi connectivity index (χ2v) is 7.45. The highest BCUT2D eigenvalue weighted by atomic mass is 32.1. The number of piperazine rings is 1. The lowest BCUT2D eigenvalue weighted by Crippen LogP contribution is -2.49. The normalized spacial score (nSPS) is 15.7. The first-order valence-corrected chi connectivity index (χ1v) is 9.39. The number of hydrogen-bond donors (Lipinski definition) is 0. The number of nitrogens with zero attached hydrogens (tertiary/aromatic N) is 6. The molecular weight excluding hydrogens is 352 g/mol. The van der Waals surface area contributed by atoms with Crippen molar-refractivity contribution in [3.05, 3.63) is 45.3 Å². The molecule has 0 N–H and O–H groups in total. The van der Waals surface area contributed by atoms with E-state index in [1.165, 1.54) is 22.0 Å². The van der Waals surface area contributed by atoms with Crippen molar-refractivity contribution in [2.24, 2.45) is 7.05 Å². The van der Waals surface area contributed by atoms with Crippen LogP contribution in [0.25, 0.3) is 11.0 Å². The van der Waals surface area contributed by atoms with Crippen molar-refractivity contribution in [3.63, 3.8) is 0 Å². The quantitative estimate of drug-likeness (QED) is 0.668. The third kappa shape index (κ3) is 3.27. The molecule has 1 aliphatic heterocycles. The summed E-state index contributed by atoms with van der Waals surface area (Å²) in [5.41, 5.74) is 0.300. The van der Waals surface area contributed by atoms with E-state index < -0.39 is 0 Å². The molecule has 1 amide bonds. The highest BCUT2D eigenvalue weighted by Crippen LogP contribution is 2.13. The molecule has 8 nitrogen and oxygen atoms in total. The number of aryl methyl sites for hydroxylation is 1. The Balaban J connectivity index is 1.38. The Labute approximate surface area is 154 Å². The van der Waals surface area contributed by atoms with Gasteiger partial charge >= 0.3 is 0 Å². The Bertz CT molecular complexity index is 969. The molecule has 0 radical (unpaired) electrons. The number of carbonyl (C=O) groups is 1. The minimum atomic E-state index is -0.229. The molecule has 0 aromatic carbocycles. The van der Waals surface area contributed by atoms with Crippen LogP contribution in [0.2, 0.25) is 0 Å². The van der Waals surface area contributed by atoms with Gasteiger partial charge in [0.05, 0.1) is 6.20 Å². The van der Waals surface area contributed by atoms with Gasteiger partial charge in [0.2, 0.25) is 5.91 Å². The predicted molar refractivity (Wildman–Crippen MR) is 98.9 cm³/mol. The van der Waals surface area contributed by atoms with Gasteiger partial charge in [-0.2, -0.15) is 5.10 Å². The van der Waals surface area contributed by atoms with Crippen LogP contribution < -0.4 is 5.56 Å². The number of rotatable bonds is 4. The zero-order valence-electron chi connectivity index (χ0n) is 14.5. The van der Waals surface area contributed by atoms with Crippen LogP contribution >= 0.6 is 11.3 Å². The lowest BCUT2D eigenvalue weighted by molar-refractivity contribution is -0.133. The van der Waals surface area contributed by atoms with E-state index in [9.17, 15) is 9.59 Å². The smallest absolute Gasteiger partial charge is 0.264 e. The number of hydrogen-bond acceptors (Lipinski definition) is 6. The fourth-order valence-corrected chi connectivity index (χ4v) is 3.95. The Kier molecular flexibility index (Phi) is 4.56. The first-order chi connectivity index (χ1) is 12.6. The molecule has 0 saturated carbocycles. The summed E-state index contributed by atoms with van der Waals surface area (Å²) in [6, 6.07) is 4.20. The molecule has 1 saturated heterocycles. The van der Waals surface area contributed by atoms with Crippen molar-refractivity contribution in [1.82, 2.24) is 29.1 Å². The molecule has 0 bridgehead atoms. The van der Waals surface area contributed by atoms with Gasteiger partial charge in [0.1, 0.15) is 18.3 Å². The van der Waals surface area contributed by atoms with Gasteiger partial charge < -0.3 is 4.90 Å². The first kappa shape index (κ1) is 16.9. The fourth-order valence-electron chi connectivity index (χ4n) is 3.20. The van der Waals surface area contributed by atoms with Crippen LogP contribution in [0.5, 0.6) is 0 Å². The third-order valence-corrected chi connectivity index (χ3v) is 5.57. The van der Waals surface area contributed by atoms with Crippen LogP contribution in [-0.2, 0) is 24.9 Å². The van der Waals surface area contributed by atoms with Crippen molar-refractivity contribution in [2.45, 2.75) is 13.1 Å². The number of thiophene rings is 1. The van der Waals surface area contributed by atoms with E-state index >= 15 is 0 Å². The SMILES string of the molecule is Cn1ncc2c(=O)n(CC(=O)N3CCN(Cc4cccs4)CC3)cnc21. The van der Waals surface area contributed by atoms with Crippen LogP contribution in [0, 0.1) is 0 Å². The summed E-state index contributed by atoms with van der Waals surface area (Å²) in [7, 11) is 1.74. The van der Waals surface area contributed by atoms with E-state index in [2.05, 4.69) is 32.5 Å². The number of carbonyl (C=O) groups excluding carboxylic acids is 1. The van der Waals surface area contributed by atoms with Crippen LogP contribution in [0.15, 0.2) is 34.8 Å². The summed E-state index contributed by atoms with van der Waals surface area (Å²) in [4.78, 5) is 34.8. The third-order valence-electron chi connectivity index (χ3n) is 4.71. The molecule has 26 heavy (non-hydrogen) atoms. The molecule has 0 atom stereocenters. The van der Waals surface area contributed by atoms with E-state index in [4.69, 9.17) is 0 Å². The summed E-state index contributed by atoms with van der Waals surface area (Å²) < 4.78 is 2.92. The van der Waals surface area contributed by atoms with Gasteiger partial charge in [-0.3, -0.25) is 23.7 Å². The number of aromatic nitrogens is 4. The van der Waals surface area contributed by atoms with Crippen LogP contribution in [-0.4, -0.2) is 61.2 Å². The second kappa shape index (κ2) is 7.00. The van der Waals surface area contributed by atoms with Gasteiger partial charge in [-0.25, -0.2) is 4.98 Å².